The Kier molecular flexibility index (Phi) is 5.80. The van der Waals surface area contributed by atoms with E-state index in [2.05, 4.69) is 15.9 Å². The zero-order valence-electron chi connectivity index (χ0n) is 9.45. The van der Waals surface area contributed by atoms with Gasteiger partial charge in [0.05, 0.1) is 0 Å². The van der Waals surface area contributed by atoms with E-state index in [1.54, 1.807) is 0 Å². The fourth-order valence-corrected chi connectivity index (χ4v) is 2.34. The molecule has 0 saturated carbocycles. The molecule has 0 unspecified atom stereocenters. The minimum atomic E-state index is -0.230. The van der Waals surface area contributed by atoms with Crippen molar-refractivity contribution in [3.8, 4) is 0 Å². The maximum absolute atomic E-state index is 11.7. The lowest BCUT2D eigenvalue weighted by atomic mass is 9.96. The first-order valence-corrected chi connectivity index (χ1v) is 6.90. The number of likely N-dealkylation sites (tertiary alicyclic amines) is 1. The summed E-state index contributed by atoms with van der Waals surface area (Å²) in [7, 11) is 0. The van der Waals surface area contributed by atoms with Gasteiger partial charge in [0.15, 0.2) is 0 Å². The monoisotopic (exact) mass is 290 g/mol. The summed E-state index contributed by atoms with van der Waals surface area (Å²) >= 11 is 3.34. The van der Waals surface area contributed by atoms with Crippen LogP contribution in [0.4, 0.5) is 0 Å². The number of unbranched alkanes of at least 4 members (excludes halogenated alkanes) is 1. The third-order valence-electron chi connectivity index (χ3n) is 3.02. The average molecular weight is 291 g/mol. The van der Waals surface area contributed by atoms with Gasteiger partial charge in [-0.25, -0.2) is 0 Å². The standard InChI is InChI=1S/C11H19BrN2O2/c12-6-2-1-3-10(15)14-7-4-9(5-8-14)11(13)16/h9H,1-8H2,(H2,13,16). The van der Waals surface area contributed by atoms with Crippen molar-refractivity contribution in [3.63, 3.8) is 0 Å². The highest BCUT2D eigenvalue weighted by Crippen LogP contribution is 2.17. The van der Waals surface area contributed by atoms with Gasteiger partial charge in [0.25, 0.3) is 0 Å². The maximum Gasteiger partial charge on any atom is 0.222 e. The highest BCUT2D eigenvalue weighted by Gasteiger charge is 2.25. The van der Waals surface area contributed by atoms with Gasteiger partial charge in [-0.05, 0) is 25.7 Å². The van der Waals surface area contributed by atoms with E-state index in [1.165, 1.54) is 0 Å². The molecule has 1 aliphatic rings. The van der Waals surface area contributed by atoms with E-state index in [9.17, 15) is 9.59 Å². The van der Waals surface area contributed by atoms with Gasteiger partial charge in [-0.1, -0.05) is 15.9 Å². The largest absolute Gasteiger partial charge is 0.369 e. The lowest BCUT2D eigenvalue weighted by Gasteiger charge is -2.30. The fraction of sp³-hybridized carbons (Fsp3) is 0.818. The van der Waals surface area contributed by atoms with E-state index in [0.29, 0.717) is 19.5 Å². The summed E-state index contributed by atoms with van der Waals surface area (Å²) in [4.78, 5) is 24.6. The van der Waals surface area contributed by atoms with Crippen molar-refractivity contribution in [3.05, 3.63) is 0 Å². The van der Waals surface area contributed by atoms with Crippen LogP contribution in [-0.2, 0) is 9.59 Å². The highest BCUT2D eigenvalue weighted by molar-refractivity contribution is 9.09. The molecule has 1 rings (SSSR count). The quantitative estimate of drug-likeness (QED) is 0.612. The van der Waals surface area contributed by atoms with Crippen LogP contribution in [0, 0.1) is 5.92 Å². The molecule has 0 spiro atoms. The molecule has 2 N–H and O–H groups in total. The van der Waals surface area contributed by atoms with Gasteiger partial charge in [-0.2, -0.15) is 0 Å². The fourth-order valence-electron chi connectivity index (χ4n) is 1.94. The minimum absolute atomic E-state index is 0.0356. The first-order valence-electron chi connectivity index (χ1n) is 5.78. The molecule has 0 aliphatic carbocycles. The highest BCUT2D eigenvalue weighted by atomic mass is 79.9. The van der Waals surface area contributed by atoms with Crippen LogP contribution in [0.1, 0.15) is 32.1 Å². The van der Waals surface area contributed by atoms with E-state index in [1.807, 2.05) is 4.90 Å². The SMILES string of the molecule is NC(=O)C1CCN(C(=O)CCCCBr)CC1. The molecular formula is C11H19BrN2O2. The molecule has 0 aromatic rings. The second-order valence-corrected chi connectivity index (χ2v) is 5.00. The van der Waals surface area contributed by atoms with E-state index in [-0.39, 0.29) is 17.7 Å². The number of primary amides is 1. The van der Waals surface area contributed by atoms with Crippen molar-refractivity contribution in [2.24, 2.45) is 11.7 Å². The molecule has 0 radical (unpaired) electrons. The summed E-state index contributed by atoms with van der Waals surface area (Å²) < 4.78 is 0. The minimum Gasteiger partial charge on any atom is -0.369 e. The summed E-state index contributed by atoms with van der Waals surface area (Å²) in [6, 6.07) is 0. The summed E-state index contributed by atoms with van der Waals surface area (Å²) in [6.07, 6.45) is 4.02. The molecule has 0 aromatic heterocycles. The third-order valence-corrected chi connectivity index (χ3v) is 3.59. The van der Waals surface area contributed by atoms with Crippen molar-refractivity contribution in [1.82, 2.24) is 4.90 Å². The Morgan fingerprint density at radius 3 is 2.38 bits per heavy atom. The summed E-state index contributed by atoms with van der Waals surface area (Å²) in [5, 5.41) is 0.948. The number of carbonyl (C=O) groups is 2. The predicted molar refractivity (Wildman–Crippen MR) is 66.1 cm³/mol. The Labute approximate surface area is 105 Å². The zero-order chi connectivity index (χ0) is 12.0. The molecule has 5 heteroatoms. The number of nitrogens with zero attached hydrogens (tertiary/aromatic N) is 1. The second-order valence-electron chi connectivity index (χ2n) is 4.20. The Bertz CT molecular complexity index is 250. The Morgan fingerprint density at radius 2 is 1.88 bits per heavy atom. The number of nitrogens with two attached hydrogens (primary N) is 1. The summed E-state index contributed by atoms with van der Waals surface area (Å²) in [6.45, 7) is 1.36. The molecule has 2 amide bonds. The van der Waals surface area contributed by atoms with Gasteiger partial charge < -0.3 is 10.6 Å². The molecule has 0 bridgehead atoms. The normalized spacial score (nSPS) is 17.4. The van der Waals surface area contributed by atoms with Crippen LogP contribution in [0.2, 0.25) is 0 Å². The Morgan fingerprint density at radius 1 is 1.25 bits per heavy atom. The van der Waals surface area contributed by atoms with Crippen molar-refractivity contribution in [1.29, 1.82) is 0 Å². The molecule has 4 nitrogen and oxygen atoms in total. The van der Waals surface area contributed by atoms with Crippen LogP contribution in [0.3, 0.4) is 0 Å². The lowest BCUT2D eigenvalue weighted by Crippen LogP contribution is -2.41. The second kappa shape index (κ2) is 6.89. The van der Waals surface area contributed by atoms with E-state index in [0.717, 1.165) is 31.0 Å². The number of hydrogen-bond donors (Lipinski definition) is 1. The number of amides is 2. The zero-order valence-corrected chi connectivity index (χ0v) is 11.0. The molecule has 1 fully saturated rings. The summed E-state index contributed by atoms with van der Waals surface area (Å²) in [5.41, 5.74) is 5.24. The van der Waals surface area contributed by atoms with Crippen LogP contribution in [0.25, 0.3) is 0 Å². The number of piperidine rings is 1. The van der Waals surface area contributed by atoms with Gasteiger partial charge in [0.2, 0.25) is 11.8 Å². The number of rotatable bonds is 5. The molecule has 1 saturated heterocycles. The van der Waals surface area contributed by atoms with E-state index in [4.69, 9.17) is 5.73 Å². The van der Waals surface area contributed by atoms with Crippen LogP contribution >= 0.6 is 15.9 Å². The van der Waals surface area contributed by atoms with Gasteiger partial charge in [-0.3, -0.25) is 9.59 Å². The number of halogens is 1. The van der Waals surface area contributed by atoms with E-state index >= 15 is 0 Å². The number of hydrogen-bond acceptors (Lipinski definition) is 2. The smallest absolute Gasteiger partial charge is 0.222 e. The Hall–Kier alpha value is -0.580. The van der Waals surface area contributed by atoms with Crippen molar-refractivity contribution in [2.45, 2.75) is 32.1 Å². The van der Waals surface area contributed by atoms with E-state index < -0.39 is 0 Å². The molecular weight excluding hydrogens is 272 g/mol. The van der Waals surface area contributed by atoms with Gasteiger partial charge >= 0.3 is 0 Å². The van der Waals surface area contributed by atoms with Gasteiger partial charge in [0, 0.05) is 30.8 Å². The predicted octanol–water partition coefficient (Wildman–Crippen LogP) is 1.28. The summed E-state index contributed by atoms with van der Waals surface area (Å²) in [5.74, 6) is -0.0538. The molecule has 0 atom stereocenters. The topological polar surface area (TPSA) is 63.4 Å². The molecule has 1 heterocycles. The van der Waals surface area contributed by atoms with Crippen LogP contribution in [-0.4, -0.2) is 35.1 Å². The first kappa shape index (κ1) is 13.5. The van der Waals surface area contributed by atoms with Crippen LogP contribution < -0.4 is 5.73 Å². The van der Waals surface area contributed by atoms with Crippen LogP contribution in [0.15, 0.2) is 0 Å². The van der Waals surface area contributed by atoms with Crippen molar-refractivity contribution in [2.75, 3.05) is 18.4 Å². The molecule has 92 valence electrons. The number of alkyl halides is 1. The maximum atomic E-state index is 11.7. The first-order chi connectivity index (χ1) is 7.65. The Balaban J connectivity index is 2.25. The third kappa shape index (κ3) is 4.12. The van der Waals surface area contributed by atoms with Gasteiger partial charge in [-0.15, -0.1) is 0 Å². The molecule has 1 aliphatic heterocycles. The van der Waals surface area contributed by atoms with Gasteiger partial charge in [0.1, 0.15) is 0 Å². The van der Waals surface area contributed by atoms with Crippen molar-refractivity contribution < 1.29 is 9.59 Å². The lowest BCUT2D eigenvalue weighted by molar-refractivity contribution is -0.134. The molecule has 0 aromatic carbocycles. The van der Waals surface area contributed by atoms with Crippen LogP contribution in [0.5, 0.6) is 0 Å². The number of carbonyl (C=O) groups excluding carboxylic acids is 2. The molecule has 16 heavy (non-hydrogen) atoms. The average Bonchev–Trinajstić information content (AvgIpc) is 2.29. The van der Waals surface area contributed by atoms with Crippen molar-refractivity contribution >= 4 is 27.7 Å².